The Bertz CT molecular complexity index is 1660. The molecule has 0 aliphatic carbocycles. The Hall–Kier alpha value is -5.12. The molecule has 0 aromatic heterocycles. The first-order valence-electron chi connectivity index (χ1n) is 13.5. The van der Waals surface area contributed by atoms with E-state index in [1.54, 1.807) is 0 Å². The number of rotatable bonds is 5. The lowest BCUT2D eigenvalue weighted by Gasteiger charge is -2.35. The van der Waals surface area contributed by atoms with Crippen LogP contribution in [0, 0.1) is 0 Å². The normalized spacial score (nSPS) is 12.5. The molecule has 0 radical (unpaired) electrons. The van der Waals surface area contributed by atoms with Crippen LogP contribution in [0.2, 0.25) is 0 Å². The largest absolute Gasteiger partial charge is 0.383 e. The number of benzene rings is 6. The maximum atomic E-state index is 11.0. The molecule has 1 N–H and O–H groups in total. The fourth-order valence-corrected chi connectivity index (χ4v) is 5.63. The highest BCUT2D eigenvalue weighted by atomic mass is 16.3. The van der Waals surface area contributed by atoms with Gasteiger partial charge in [0.15, 0.2) is 0 Å². The van der Waals surface area contributed by atoms with Gasteiger partial charge in [-0.2, -0.15) is 0 Å². The molecule has 6 aromatic rings. The van der Waals surface area contributed by atoms with E-state index >= 15 is 0 Å². The summed E-state index contributed by atoms with van der Waals surface area (Å²) in [5, 5.41) is 11.0. The zero-order valence-electron chi connectivity index (χ0n) is 21.9. The Kier molecular flexibility index (Phi) is 6.12. The van der Waals surface area contributed by atoms with Gasteiger partial charge in [0.05, 0.1) is 11.4 Å². The molecule has 1 aliphatic rings. The van der Waals surface area contributed by atoms with Crippen LogP contribution in [0.5, 0.6) is 0 Å². The first-order chi connectivity index (χ1) is 19.8. The zero-order valence-corrected chi connectivity index (χ0v) is 21.9. The molecule has 3 heteroatoms. The van der Waals surface area contributed by atoms with Gasteiger partial charge in [0.25, 0.3) is 0 Å². The third kappa shape index (κ3) is 4.23. The Labute approximate surface area is 234 Å². The summed E-state index contributed by atoms with van der Waals surface area (Å²) in [5.74, 6) is 0. The standard InChI is InChI=1S/C37H28N2O/c40-37-33-15-7-9-17-35(33)39(36-18-10-8-16-34(36)37)32-25-21-28(22-26-32)27-19-23-31(24-20-27)38(29-11-3-1-4-12-29)30-13-5-2-6-14-30/h1-26,37,40H. The van der Waals surface area contributed by atoms with Crippen molar-refractivity contribution >= 4 is 34.1 Å². The third-order valence-corrected chi connectivity index (χ3v) is 7.56. The minimum Gasteiger partial charge on any atom is -0.383 e. The van der Waals surface area contributed by atoms with Gasteiger partial charge < -0.3 is 14.9 Å². The van der Waals surface area contributed by atoms with Crippen molar-refractivity contribution in [1.82, 2.24) is 0 Å². The van der Waals surface area contributed by atoms with Crippen molar-refractivity contribution in [3.8, 4) is 11.1 Å². The quantitative estimate of drug-likeness (QED) is 0.247. The summed E-state index contributed by atoms with van der Waals surface area (Å²) in [5.41, 5.74) is 10.6. The Morgan fingerprint density at radius 1 is 0.425 bits per heavy atom. The average Bonchev–Trinajstić information content (AvgIpc) is 3.03. The number of aliphatic hydroxyl groups excluding tert-OH is 1. The van der Waals surface area contributed by atoms with Crippen LogP contribution in [0.3, 0.4) is 0 Å². The number of fused-ring (bicyclic) bond motifs is 2. The molecule has 7 rings (SSSR count). The van der Waals surface area contributed by atoms with Gasteiger partial charge in [-0.05, 0) is 71.8 Å². The predicted molar refractivity (Wildman–Crippen MR) is 165 cm³/mol. The molecular weight excluding hydrogens is 488 g/mol. The average molecular weight is 517 g/mol. The highest BCUT2D eigenvalue weighted by molar-refractivity contribution is 5.85. The van der Waals surface area contributed by atoms with Crippen molar-refractivity contribution in [2.75, 3.05) is 9.80 Å². The Morgan fingerprint density at radius 3 is 1.32 bits per heavy atom. The lowest BCUT2D eigenvalue weighted by molar-refractivity contribution is 0.219. The maximum Gasteiger partial charge on any atom is 0.108 e. The summed E-state index contributed by atoms with van der Waals surface area (Å²) in [6.45, 7) is 0. The topological polar surface area (TPSA) is 26.7 Å². The number of anilines is 6. The fraction of sp³-hybridized carbons (Fsp3) is 0.0270. The van der Waals surface area contributed by atoms with E-state index in [9.17, 15) is 5.11 Å². The monoisotopic (exact) mass is 516 g/mol. The van der Waals surface area contributed by atoms with E-state index in [0.717, 1.165) is 56.4 Å². The number of hydrogen-bond donors (Lipinski definition) is 1. The lowest BCUT2D eigenvalue weighted by Crippen LogP contribution is -2.21. The summed E-state index contributed by atoms with van der Waals surface area (Å²) in [6, 6.07) is 54.5. The molecule has 192 valence electrons. The summed E-state index contributed by atoms with van der Waals surface area (Å²) in [7, 11) is 0. The van der Waals surface area contributed by atoms with Crippen LogP contribution in [0.4, 0.5) is 34.1 Å². The molecule has 0 saturated carbocycles. The van der Waals surface area contributed by atoms with Gasteiger partial charge in [-0.3, -0.25) is 0 Å². The Morgan fingerprint density at radius 2 is 0.825 bits per heavy atom. The second-order valence-corrected chi connectivity index (χ2v) is 9.96. The predicted octanol–water partition coefficient (Wildman–Crippen LogP) is 9.69. The number of aliphatic hydroxyl groups is 1. The molecule has 0 saturated heterocycles. The van der Waals surface area contributed by atoms with Gasteiger partial charge in [-0.15, -0.1) is 0 Å². The van der Waals surface area contributed by atoms with Gasteiger partial charge in [-0.25, -0.2) is 0 Å². The lowest BCUT2D eigenvalue weighted by atomic mass is 9.92. The summed E-state index contributed by atoms with van der Waals surface area (Å²) < 4.78 is 0. The van der Waals surface area contributed by atoms with Crippen molar-refractivity contribution in [2.24, 2.45) is 0 Å². The SMILES string of the molecule is OC1c2ccccc2N(c2ccc(-c3ccc(N(c4ccccc4)c4ccccc4)cc3)cc2)c2ccccc21. The molecule has 3 nitrogen and oxygen atoms in total. The van der Waals surface area contributed by atoms with Crippen LogP contribution in [0.25, 0.3) is 11.1 Å². The number of nitrogens with zero attached hydrogens (tertiary/aromatic N) is 2. The third-order valence-electron chi connectivity index (χ3n) is 7.56. The minimum atomic E-state index is -0.632. The molecule has 1 heterocycles. The van der Waals surface area contributed by atoms with Gasteiger partial charge in [0, 0.05) is 33.9 Å². The van der Waals surface area contributed by atoms with E-state index in [1.807, 2.05) is 48.5 Å². The summed E-state index contributed by atoms with van der Waals surface area (Å²) in [4.78, 5) is 4.51. The van der Waals surface area contributed by atoms with Gasteiger partial charge in [0.2, 0.25) is 0 Å². The Balaban J connectivity index is 1.22. The van der Waals surface area contributed by atoms with E-state index in [0.29, 0.717) is 0 Å². The molecular formula is C37H28N2O. The second-order valence-electron chi connectivity index (χ2n) is 9.96. The molecule has 6 aromatic carbocycles. The van der Waals surface area contributed by atoms with Crippen molar-refractivity contribution in [3.05, 3.63) is 169 Å². The molecule has 1 aliphatic heterocycles. The van der Waals surface area contributed by atoms with Crippen LogP contribution in [-0.4, -0.2) is 5.11 Å². The van der Waals surface area contributed by atoms with E-state index in [4.69, 9.17) is 0 Å². The smallest absolute Gasteiger partial charge is 0.108 e. The second kappa shape index (κ2) is 10.2. The van der Waals surface area contributed by atoms with Crippen LogP contribution in [-0.2, 0) is 0 Å². The van der Waals surface area contributed by atoms with Crippen LogP contribution in [0.15, 0.2) is 158 Å². The van der Waals surface area contributed by atoms with Gasteiger partial charge in [-0.1, -0.05) is 97.1 Å². The van der Waals surface area contributed by atoms with Crippen LogP contribution < -0.4 is 9.80 Å². The highest BCUT2D eigenvalue weighted by Crippen LogP contribution is 2.48. The first-order valence-corrected chi connectivity index (χ1v) is 13.5. The van der Waals surface area contributed by atoms with Crippen LogP contribution >= 0.6 is 0 Å². The number of para-hydroxylation sites is 4. The highest BCUT2D eigenvalue weighted by Gasteiger charge is 2.29. The van der Waals surface area contributed by atoms with E-state index in [2.05, 4.69) is 119 Å². The zero-order chi connectivity index (χ0) is 26.9. The molecule has 0 atom stereocenters. The van der Waals surface area contributed by atoms with Crippen LogP contribution in [0.1, 0.15) is 17.2 Å². The van der Waals surface area contributed by atoms with E-state index in [-0.39, 0.29) is 0 Å². The maximum absolute atomic E-state index is 11.0. The molecule has 0 unspecified atom stereocenters. The summed E-state index contributed by atoms with van der Waals surface area (Å²) >= 11 is 0. The minimum absolute atomic E-state index is 0.632. The van der Waals surface area contributed by atoms with Gasteiger partial charge >= 0.3 is 0 Å². The van der Waals surface area contributed by atoms with Crippen molar-refractivity contribution in [1.29, 1.82) is 0 Å². The molecule has 0 fully saturated rings. The van der Waals surface area contributed by atoms with Crippen molar-refractivity contribution in [3.63, 3.8) is 0 Å². The molecule has 40 heavy (non-hydrogen) atoms. The first kappa shape index (κ1) is 24.0. The van der Waals surface area contributed by atoms with E-state index in [1.165, 1.54) is 0 Å². The fourth-order valence-electron chi connectivity index (χ4n) is 5.63. The van der Waals surface area contributed by atoms with E-state index < -0.39 is 6.10 Å². The summed E-state index contributed by atoms with van der Waals surface area (Å²) in [6.07, 6.45) is -0.632. The molecule has 0 spiro atoms. The van der Waals surface area contributed by atoms with Crippen molar-refractivity contribution < 1.29 is 5.11 Å². The number of hydrogen-bond acceptors (Lipinski definition) is 3. The molecule has 0 amide bonds. The van der Waals surface area contributed by atoms with Crippen molar-refractivity contribution in [2.45, 2.75) is 6.10 Å². The molecule has 0 bridgehead atoms. The van der Waals surface area contributed by atoms with Gasteiger partial charge in [0.1, 0.15) is 6.10 Å².